The lowest BCUT2D eigenvalue weighted by Gasteiger charge is -2.27. The molecule has 1 unspecified atom stereocenters. The van der Waals surface area contributed by atoms with Crippen LogP contribution in [-0.2, 0) is 10.1 Å². The fourth-order valence-electron chi connectivity index (χ4n) is 3.96. The molecule has 0 saturated heterocycles. The molecular weight excluding hydrogens is 547 g/mol. The van der Waals surface area contributed by atoms with Gasteiger partial charge in [-0.2, -0.15) is 0 Å². The van der Waals surface area contributed by atoms with Crippen molar-refractivity contribution in [2.75, 3.05) is 26.2 Å². The summed E-state index contributed by atoms with van der Waals surface area (Å²) in [7, 11) is -4.25. The van der Waals surface area contributed by atoms with Crippen LogP contribution in [-0.4, -0.2) is 50.0 Å². The van der Waals surface area contributed by atoms with Gasteiger partial charge in [-0.3, -0.25) is 4.48 Å². The maximum atomic E-state index is 10.3. The molecule has 2 rings (SSSR count). The molecule has 1 aliphatic rings. The highest BCUT2D eigenvalue weighted by atomic mass is 127. The van der Waals surface area contributed by atoms with Crippen LogP contribution in [0.15, 0.2) is 40.2 Å². The van der Waals surface area contributed by atoms with Crippen molar-refractivity contribution in [2.24, 2.45) is 4.99 Å². The van der Waals surface area contributed by atoms with Gasteiger partial charge in [-0.25, -0.2) is 13.4 Å². The lowest BCUT2D eigenvalue weighted by atomic mass is 10.1. The average molecular weight is 589 g/mol. The summed E-state index contributed by atoms with van der Waals surface area (Å²) in [5, 5.41) is 0. The van der Waals surface area contributed by atoms with Crippen molar-refractivity contribution in [3.63, 3.8) is 0 Å². The molecule has 0 spiro atoms. The van der Waals surface area contributed by atoms with E-state index in [1.54, 1.807) is 6.07 Å². The SMILES string of the molecule is CCCCCCCCCCCCCC[N+]1(CC#CI)C=NCC1.O=S(=O)([O-])c1ccccc1. The van der Waals surface area contributed by atoms with E-state index in [1.165, 1.54) is 108 Å². The summed E-state index contributed by atoms with van der Waals surface area (Å²) in [5.41, 5.74) is 0. The third-order valence-corrected chi connectivity index (χ3v) is 7.18. The second kappa shape index (κ2) is 18.4. The minimum atomic E-state index is -4.25. The summed E-state index contributed by atoms with van der Waals surface area (Å²) in [6.07, 6.45) is 19.2. The van der Waals surface area contributed by atoms with Gasteiger partial charge in [0.1, 0.15) is 23.2 Å². The van der Waals surface area contributed by atoms with Gasteiger partial charge in [-0.15, -0.1) is 0 Å². The number of halogens is 1. The van der Waals surface area contributed by atoms with Crippen molar-refractivity contribution in [3.8, 4) is 9.85 Å². The lowest BCUT2D eigenvalue weighted by Crippen LogP contribution is -2.46. The Morgan fingerprint density at radius 1 is 0.939 bits per heavy atom. The third-order valence-electron chi connectivity index (χ3n) is 5.95. The monoisotopic (exact) mass is 588 g/mol. The molecule has 1 aliphatic heterocycles. The smallest absolute Gasteiger partial charge is 0.186 e. The van der Waals surface area contributed by atoms with Crippen LogP contribution in [0.1, 0.15) is 84.0 Å². The Morgan fingerprint density at radius 3 is 1.91 bits per heavy atom. The van der Waals surface area contributed by atoms with Gasteiger partial charge in [0, 0.05) is 22.6 Å². The summed E-state index contributed by atoms with van der Waals surface area (Å²) in [4.78, 5) is 4.26. The predicted octanol–water partition coefficient (Wildman–Crippen LogP) is 6.53. The maximum Gasteiger partial charge on any atom is 0.186 e. The topological polar surface area (TPSA) is 69.6 Å². The van der Waals surface area contributed by atoms with Gasteiger partial charge in [0.2, 0.25) is 0 Å². The lowest BCUT2D eigenvalue weighted by molar-refractivity contribution is -0.821. The number of rotatable bonds is 15. The van der Waals surface area contributed by atoms with Crippen molar-refractivity contribution < 1.29 is 17.5 Å². The van der Waals surface area contributed by atoms with E-state index in [-0.39, 0.29) is 4.90 Å². The fourth-order valence-corrected chi connectivity index (χ4v) is 4.62. The minimum absolute atomic E-state index is 0.185. The highest BCUT2D eigenvalue weighted by Gasteiger charge is 2.27. The molecule has 1 heterocycles. The van der Waals surface area contributed by atoms with Crippen molar-refractivity contribution in [1.29, 1.82) is 0 Å². The number of hydrogen-bond donors (Lipinski definition) is 0. The van der Waals surface area contributed by atoms with Crippen LogP contribution in [0.25, 0.3) is 0 Å². The Morgan fingerprint density at radius 2 is 1.48 bits per heavy atom. The zero-order valence-electron chi connectivity index (χ0n) is 20.2. The van der Waals surface area contributed by atoms with Crippen molar-refractivity contribution >= 4 is 39.0 Å². The molecule has 33 heavy (non-hydrogen) atoms. The highest BCUT2D eigenvalue weighted by Crippen LogP contribution is 2.15. The Labute approximate surface area is 215 Å². The fraction of sp³-hybridized carbons (Fsp3) is 0.654. The number of nitrogens with zero attached hydrogens (tertiary/aromatic N) is 2. The molecule has 5 nitrogen and oxygen atoms in total. The third kappa shape index (κ3) is 14.8. The molecular formula is C26H41IN2O3S. The Hall–Kier alpha value is -0.950. The zero-order chi connectivity index (χ0) is 24.3. The summed E-state index contributed by atoms with van der Waals surface area (Å²) in [6.45, 7) is 6.61. The van der Waals surface area contributed by atoms with E-state index >= 15 is 0 Å². The number of unbranched alkanes of at least 4 members (excludes halogenated alkanes) is 11. The molecule has 1 aromatic rings. The molecule has 0 amide bonds. The van der Waals surface area contributed by atoms with Crippen molar-refractivity contribution in [2.45, 2.75) is 88.9 Å². The Kier molecular flexibility index (Phi) is 16.8. The first-order valence-corrected chi connectivity index (χ1v) is 14.9. The van der Waals surface area contributed by atoms with E-state index in [4.69, 9.17) is 0 Å². The molecule has 1 aromatic carbocycles. The van der Waals surface area contributed by atoms with E-state index in [1.807, 2.05) is 0 Å². The van der Waals surface area contributed by atoms with Crippen LogP contribution in [0.5, 0.6) is 0 Å². The van der Waals surface area contributed by atoms with Gasteiger partial charge in [0.05, 0.1) is 18.0 Å². The van der Waals surface area contributed by atoms with E-state index < -0.39 is 10.1 Å². The average Bonchev–Trinajstić information content (AvgIpc) is 3.28. The molecule has 0 aromatic heterocycles. The number of quaternary nitrogens is 1. The van der Waals surface area contributed by atoms with Crippen LogP contribution in [0, 0.1) is 9.85 Å². The molecule has 0 fully saturated rings. The second-order valence-corrected chi connectivity index (χ2v) is 10.7. The van der Waals surface area contributed by atoms with Crippen LogP contribution in [0.3, 0.4) is 0 Å². The van der Waals surface area contributed by atoms with Crippen LogP contribution >= 0.6 is 22.6 Å². The van der Waals surface area contributed by atoms with Crippen molar-refractivity contribution in [1.82, 2.24) is 0 Å². The van der Waals surface area contributed by atoms with Crippen molar-refractivity contribution in [3.05, 3.63) is 30.3 Å². The summed E-state index contributed by atoms with van der Waals surface area (Å²) >= 11 is 2.14. The molecule has 1 atom stereocenters. The molecule has 0 radical (unpaired) electrons. The standard InChI is InChI=1S/C20H36IN2.C6H6O3S/c1-2-3-4-5-6-7-8-9-10-11-12-13-17-23(18-14-15-21)19-16-22-20-23;7-10(8,9)6-4-2-1-3-5-6/h20H,2-13,16-19H2,1H3;1-5H,(H,7,8,9)/q+1;/p-1. The van der Waals surface area contributed by atoms with Gasteiger partial charge in [0.15, 0.2) is 6.34 Å². The Balaban J connectivity index is 0.000000451. The molecule has 0 N–H and O–H groups in total. The number of aliphatic imine (C=N–C) groups is 1. The summed E-state index contributed by atoms with van der Waals surface area (Å²) in [5.74, 6) is 3.24. The van der Waals surface area contributed by atoms with Gasteiger partial charge < -0.3 is 4.55 Å². The first kappa shape index (κ1) is 30.1. The first-order valence-electron chi connectivity index (χ1n) is 12.4. The van der Waals surface area contributed by atoms with Gasteiger partial charge >= 0.3 is 0 Å². The van der Waals surface area contributed by atoms with Gasteiger partial charge in [-0.05, 0) is 34.8 Å². The Bertz CT molecular complexity index is 819. The molecule has 0 aliphatic carbocycles. The maximum absolute atomic E-state index is 10.3. The normalized spacial score (nSPS) is 17.2. The van der Waals surface area contributed by atoms with Gasteiger partial charge in [-0.1, -0.05) is 89.3 Å². The quantitative estimate of drug-likeness (QED) is 0.0769. The van der Waals surface area contributed by atoms with Crippen LogP contribution in [0.2, 0.25) is 0 Å². The first-order chi connectivity index (χ1) is 15.9. The second-order valence-electron chi connectivity index (χ2n) is 8.77. The predicted molar refractivity (Wildman–Crippen MR) is 145 cm³/mol. The summed E-state index contributed by atoms with van der Waals surface area (Å²) in [6, 6.07) is 7.19. The molecule has 7 heteroatoms. The van der Waals surface area contributed by atoms with Gasteiger partial charge in [0.25, 0.3) is 0 Å². The van der Waals surface area contributed by atoms with E-state index in [0.717, 1.165) is 24.1 Å². The highest BCUT2D eigenvalue weighted by molar-refractivity contribution is 14.1. The van der Waals surface area contributed by atoms with E-state index in [2.05, 4.69) is 50.7 Å². The largest absolute Gasteiger partial charge is 0.744 e. The number of benzene rings is 1. The van der Waals surface area contributed by atoms with E-state index in [0.29, 0.717) is 0 Å². The van der Waals surface area contributed by atoms with Crippen LogP contribution < -0.4 is 0 Å². The van der Waals surface area contributed by atoms with Crippen LogP contribution in [0.4, 0.5) is 0 Å². The summed E-state index contributed by atoms with van der Waals surface area (Å²) < 4.78 is 34.8. The molecule has 186 valence electrons. The van der Waals surface area contributed by atoms with E-state index in [9.17, 15) is 13.0 Å². The minimum Gasteiger partial charge on any atom is -0.744 e. The molecule has 0 bridgehead atoms. The number of hydrogen-bond acceptors (Lipinski definition) is 4. The zero-order valence-corrected chi connectivity index (χ0v) is 23.2. The molecule has 0 saturated carbocycles.